The predicted octanol–water partition coefficient (Wildman–Crippen LogP) is 4.49. The molecule has 21 heavy (non-hydrogen) atoms. The van der Waals surface area contributed by atoms with Crippen LogP contribution in [-0.4, -0.2) is 6.54 Å². The van der Waals surface area contributed by atoms with E-state index in [0.717, 1.165) is 12.6 Å². The zero-order valence-corrected chi connectivity index (χ0v) is 12.4. The van der Waals surface area contributed by atoms with Gasteiger partial charge in [-0.3, -0.25) is 0 Å². The van der Waals surface area contributed by atoms with Crippen molar-refractivity contribution in [3.05, 3.63) is 71.3 Å². The highest BCUT2D eigenvalue weighted by molar-refractivity contribution is 5.21. The molecular formula is C18H21F2N. The van der Waals surface area contributed by atoms with E-state index in [2.05, 4.69) is 31.3 Å². The van der Waals surface area contributed by atoms with Crippen LogP contribution in [0.15, 0.2) is 48.5 Å². The molecule has 0 radical (unpaired) electrons. The van der Waals surface area contributed by atoms with Gasteiger partial charge in [-0.2, -0.15) is 0 Å². The zero-order chi connectivity index (χ0) is 15.2. The number of benzene rings is 2. The second kappa shape index (κ2) is 7.32. The summed E-state index contributed by atoms with van der Waals surface area (Å²) in [6.07, 6.45) is 0. The van der Waals surface area contributed by atoms with Crippen molar-refractivity contribution in [2.45, 2.75) is 26.3 Å². The van der Waals surface area contributed by atoms with Crippen LogP contribution in [0.5, 0.6) is 0 Å². The van der Waals surface area contributed by atoms with Crippen molar-refractivity contribution in [2.75, 3.05) is 6.54 Å². The molecule has 1 N–H and O–H groups in total. The second-order valence-electron chi connectivity index (χ2n) is 5.63. The molecule has 2 aromatic rings. The van der Waals surface area contributed by atoms with Gasteiger partial charge >= 0.3 is 0 Å². The molecule has 3 heteroatoms. The van der Waals surface area contributed by atoms with Crippen LogP contribution in [-0.2, 0) is 6.54 Å². The average Bonchev–Trinajstić information content (AvgIpc) is 2.46. The van der Waals surface area contributed by atoms with Crippen LogP contribution in [0.3, 0.4) is 0 Å². The van der Waals surface area contributed by atoms with Crippen molar-refractivity contribution in [1.29, 1.82) is 0 Å². The second-order valence-corrected chi connectivity index (χ2v) is 5.63. The fourth-order valence-electron chi connectivity index (χ4n) is 2.47. The molecule has 1 nitrogen and oxygen atoms in total. The quantitative estimate of drug-likeness (QED) is 0.826. The summed E-state index contributed by atoms with van der Waals surface area (Å²) in [7, 11) is 0. The van der Waals surface area contributed by atoms with Crippen LogP contribution in [0, 0.1) is 17.6 Å². The largest absolute Gasteiger partial charge is 0.312 e. The van der Waals surface area contributed by atoms with E-state index >= 15 is 0 Å². The molecule has 0 saturated heterocycles. The Labute approximate surface area is 125 Å². The molecule has 0 spiro atoms. The van der Waals surface area contributed by atoms with Gasteiger partial charge in [0.1, 0.15) is 11.6 Å². The van der Waals surface area contributed by atoms with Gasteiger partial charge in [0.25, 0.3) is 0 Å². The van der Waals surface area contributed by atoms with Gasteiger partial charge in [0, 0.05) is 24.7 Å². The van der Waals surface area contributed by atoms with Gasteiger partial charge in [-0.1, -0.05) is 50.2 Å². The minimum atomic E-state index is -0.541. The Morgan fingerprint density at radius 2 is 1.71 bits per heavy atom. The minimum Gasteiger partial charge on any atom is -0.312 e. The summed E-state index contributed by atoms with van der Waals surface area (Å²) < 4.78 is 26.4. The standard InChI is InChI=1S/C18H21F2N/c1-13(2)17(14-6-4-3-5-7-14)12-21-11-15-8-9-16(19)10-18(15)20/h3-10,13,17,21H,11-12H2,1-2H3. The van der Waals surface area contributed by atoms with Crippen LogP contribution >= 0.6 is 0 Å². The Morgan fingerprint density at radius 3 is 2.33 bits per heavy atom. The Morgan fingerprint density at radius 1 is 1.00 bits per heavy atom. The normalized spacial score (nSPS) is 12.6. The number of hydrogen-bond acceptors (Lipinski definition) is 1. The van der Waals surface area contributed by atoms with Crippen LogP contribution in [0.2, 0.25) is 0 Å². The van der Waals surface area contributed by atoms with Crippen molar-refractivity contribution < 1.29 is 8.78 Å². The molecule has 0 aromatic heterocycles. The number of nitrogens with one attached hydrogen (secondary N) is 1. The molecule has 1 unspecified atom stereocenters. The maximum Gasteiger partial charge on any atom is 0.130 e. The predicted molar refractivity (Wildman–Crippen MR) is 82.1 cm³/mol. The first kappa shape index (κ1) is 15.6. The van der Waals surface area contributed by atoms with E-state index in [-0.39, 0.29) is 0 Å². The van der Waals surface area contributed by atoms with Gasteiger partial charge in [0.15, 0.2) is 0 Å². The highest BCUT2D eigenvalue weighted by atomic mass is 19.1. The molecule has 2 aromatic carbocycles. The molecule has 0 aliphatic carbocycles. The van der Waals surface area contributed by atoms with Crippen molar-refractivity contribution in [3.8, 4) is 0 Å². The van der Waals surface area contributed by atoms with E-state index in [1.807, 2.05) is 18.2 Å². The lowest BCUT2D eigenvalue weighted by atomic mass is 9.88. The number of hydrogen-bond donors (Lipinski definition) is 1. The fourth-order valence-corrected chi connectivity index (χ4v) is 2.47. The molecule has 0 saturated carbocycles. The van der Waals surface area contributed by atoms with Crippen molar-refractivity contribution in [1.82, 2.24) is 5.32 Å². The van der Waals surface area contributed by atoms with Crippen molar-refractivity contribution in [2.24, 2.45) is 5.92 Å². The molecule has 2 rings (SSSR count). The van der Waals surface area contributed by atoms with E-state index in [4.69, 9.17) is 0 Å². The van der Waals surface area contributed by atoms with Gasteiger partial charge in [0.2, 0.25) is 0 Å². The van der Waals surface area contributed by atoms with Crippen LogP contribution in [0.4, 0.5) is 8.78 Å². The van der Waals surface area contributed by atoms with Crippen molar-refractivity contribution >= 4 is 0 Å². The van der Waals surface area contributed by atoms with E-state index < -0.39 is 11.6 Å². The first-order valence-electron chi connectivity index (χ1n) is 7.27. The van der Waals surface area contributed by atoms with E-state index in [0.29, 0.717) is 23.9 Å². The lowest BCUT2D eigenvalue weighted by molar-refractivity contribution is 0.457. The average molecular weight is 289 g/mol. The summed E-state index contributed by atoms with van der Waals surface area (Å²) in [6.45, 7) is 5.52. The van der Waals surface area contributed by atoms with Gasteiger partial charge < -0.3 is 5.32 Å². The van der Waals surface area contributed by atoms with Gasteiger partial charge in [0.05, 0.1) is 0 Å². The highest BCUT2D eigenvalue weighted by Gasteiger charge is 2.15. The Hall–Kier alpha value is -1.74. The van der Waals surface area contributed by atoms with Crippen LogP contribution < -0.4 is 5.32 Å². The van der Waals surface area contributed by atoms with Crippen LogP contribution in [0.1, 0.15) is 30.9 Å². The third-order valence-electron chi connectivity index (χ3n) is 3.73. The summed E-state index contributed by atoms with van der Waals surface area (Å²) >= 11 is 0. The molecule has 0 aliphatic heterocycles. The lowest BCUT2D eigenvalue weighted by Gasteiger charge is -2.22. The van der Waals surface area contributed by atoms with Gasteiger partial charge in [-0.25, -0.2) is 8.78 Å². The Kier molecular flexibility index (Phi) is 5.45. The topological polar surface area (TPSA) is 12.0 Å². The van der Waals surface area contributed by atoms with Gasteiger partial charge in [-0.15, -0.1) is 0 Å². The first-order valence-corrected chi connectivity index (χ1v) is 7.27. The third kappa shape index (κ3) is 4.36. The Balaban J connectivity index is 1.97. The van der Waals surface area contributed by atoms with Gasteiger partial charge in [-0.05, 0) is 23.5 Å². The van der Waals surface area contributed by atoms with E-state index in [1.54, 1.807) is 0 Å². The fraction of sp³-hybridized carbons (Fsp3) is 0.333. The molecule has 0 heterocycles. The third-order valence-corrected chi connectivity index (χ3v) is 3.73. The highest BCUT2D eigenvalue weighted by Crippen LogP contribution is 2.23. The SMILES string of the molecule is CC(C)C(CNCc1ccc(F)cc1F)c1ccccc1. The van der Waals surface area contributed by atoms with Crippen LogP contribution in [0.25, 0.3) is 0 Å². The monoisotopic (exact) mass is 289 g/mol. The summed E-state index contributed by atoms with van der Waals surface area (Å²) in [5, 5.41) is 3.28. The summed E-state index contributed by atoms with van der Waals surface area (Å²) in [5.41, 5.74) is 1.77. The maximum absolute atomic E-state index is 13.6. The lowest BCUT2D eigenvalue weighted by Crippen LogP contribution is -2.24. The number of halogens is 2. The maximum atomic E-state index is 13.6. The molecule has 1 atom stereocenters. The summed E-state index contributed by atoms with van der Waals surface area (Å²) in [5.74, 6) is -0.184. The smallest absolute Gasteiger partial charge is 0.130 e. The molecule has 112 valence electrons. The molecule has 0 bridgehead atoms. The minimum absolute atomic E-state index is 0.370. The zero-order valence-electron chi connectivity index (χ0n) is 12.4. The summed E-state index contributed by atoms with van der Waals surface area (Å²) in [6, 6.07) is 14.0. The molecule has 0 aliphatic rings. The first-order chi connectivity index (χ1) is 10.1. The number of rotatable bonds is 6. The van der Waals surface area contributed by atoms with Crippen molar-refractivity contribution in [3.63, 3.8) is 0 Å². The van der Waals surface area contributed by atoms with E-state index in [1.165, 1.54) is 17.7 Å². The summed E-state index contributed by atoms with van der Waals surface area (Å²) in [4.78, 5) is 0. The van der Waals surface area contributed by atoms with E-state index in [9.17, 15) is 8.78 Å². The molecule has 0 fully saturated rings. The Bertz CT molecular complexity index is 567. The molecule has 0 amide bonds. The molecular weight excluding hydrogens is 268 g/mol.